The van der Waals surface area contributed by atoms with Gasteiger partial charge in [0.15, 0.2) is 11.0 Å². The molecule has 172 valence electrons. The van der Waals surface area contributed by atoms with Gasteiger partial charge < -0.3 is 15.2 Å². The van der Waals surface area contributed by atoms with Gasteiger partial charge in [0.2, 0.25) is 5.91 Å². The fourth-order valence-electron chi connectivity index (χ4n) is 3.12. The number of para-hydroxylation sites is 2. The van der Waals surface area contributed by atoms with Crippen LogP contribution in [0.4, 0.5) is 11.4 Å². The highest BCUT2D eigenvalue weighted by atomic mass is 32.2. The van der Waals surface area contributed by atoms with Crippen LogP contribution in [-0.4, -0.2) is 37.3 Å². The molecule has 0 aliphatic rings. The molecule has 0 bridgehead atoms. The highest BCUT2D eigenvalue weighted by molar-refractivity contribution is 7.99. The van der Waals surface area contributed by atoms with E-state index in [-0.39, 0.29) is 35.0 Å². The second-order valence-corrected chi connectivity index (χ2v) is 8.51. The number of amides is 2. The summed E-state index contributed by atoms with van der Waals surface area (Å²) in [5.74, 6) is -0.0241. The Morgan fingerprint density at radius 2 is 1.76 bits per heavy atom. The Balaban J connectivity index is 1.67. The first kappa shape index (κ1) is 23.9. The second kappa shape index (κ2) is 10.7. The topological polar surface area (TPSA) is 132 Å². The molecule has 2 amide bonds. The number of carbonyl (C=O) groups is 2. The molecular formula is C22H24N6O4S. The lowest BCUT2D eigenvalue weighted by Gasteiger charge is -2.21. The SMILES string of the molecule is CC(C)[C@H](NC(=O)c1ccccc1)c1nnc(SCC(=O)Nc2ccccc2[N+](=O)[O-])n1C. The number of nitro groups is 1. The van der Waals surface area contributed by atoms with Crippen LogP contribution < -0.4 is 10.6 Å². The van der Waals surface area contributed by atoms with Gasteiger partial charge in [-0.1, -0.05) is 55.9 Å². The van der Waals surface area contributed by atoms with Gasteiger partial charge in [-0.2, -0.15) is 0 Å². The van der Waals surface area contributed by atoms with Crippen molar-refractivity contribution in [2.24, 2.45) is 13.0 Å². The van der Waals surface area contributed by atoms with Gasteiger partial charge in [0.1, 0.15) is 5.69 Å². The number of aromatic nitrogens is 3. The standard InChI is InChI=1S/C22H24N6O4S/c1-14(2)19(24-21(30)15-9-5-4-6-10-15)20-25-26-22(27(20)3)33-13-18(29)23-16-11-7-8-12-17(16)28(31)32/h4-12,14,19H,13H2,1-3H3,(H,23,29)(H,24,30)/t19-/m0/s1. The van der Waals surface area contributed by atoms with E-state index in [2.05, 4.69) is 20.8 Å². The predicted molar refractivity (Wildman–Crippen MR) is 125 cm³/mol. The van der Waals surface area contributed by atoms with Gasteiger partial charge in [-0.05, 0) is 24.1 Å². The normalized spacial score (nSPS) is 11.8. The lowest BCUT2D eigenvalue weighted by molar-refractivity contribution is -0.383. The zero-order chi connectivity index (χ0) is 24.0. The quantitative estimate of drug-likeness (QED) is 0.279. The van der Waals surface area contributed by atoms with Crippen LogP contribution in [0.5, 0.6) is 0 Å². The Labute approximate surface area is 194 Å². The summed E-state index contributed by atoms with van der Waals surface area (Å²) >= 11 is 1.15. The zero-order valence-electron chi connectivity index (χ0n) is 18.4. The smallest absolute Gasteiger partial charge is 0.292 e. The molecule has 2 N–H and O–H groups in total. The minimum atomic E-state index is -0.548. The van der Waals surface area contributed by atoms with Crippen LogP contribution in [0, 0.1) is 16.0 Å². The van der Waals surface area contributed by atoms with Gasteiger partial charge in [0.05, 0.1) is 16.7 Å². The Hall–Kier alpha value is -3.73. The van der Waals surface area contributed by atoms with Crippen molar-refractivity contribution in [1.29, 1.82) is 0 Å². The van der Waals surface area contributed by atoms with E-state index in [1.54, 1.807) is 41.9 Å². The molecule has 3 rings (SSSR count). The number of hydrogen-bond acceptors (Lipinski definition) is 7. The molecule has 0 aliphatic carbocycles. The monoisotopic (exact) mass is 468 g/mol. The third-order valence-corrected chi connectivity index (χ3v) is 5.86. The molecule has 11 heteroatoms. The third-order valence-electron chi connectivity index (χ3n) is 4.84. The Kier molecular flexibility index (Phi) is 7.78. The van der Waals surface area contributed by atoms with E-state index in [1.165, 1.54) is 18.2 Å². The Bertz CT molecular complexity index is 1150. The molecule has 2 aromatic carbocycles. The lowest BCUT2D eigenvalue weighted by Crippen LogP contribution is -2.33. The number of thioether (sulfide) groups is 1. The molecule has 1 heterocycles. The second-order valence-electron chi connectivity index (χ2n) is 7.57. The van der Waals surface area contributed by atoms with Crippen molar-refractivity contribution >= 4 is 35.0 Å². The molecule has 10 nitrogen and oxygen atoms in total. The van der Waals surface area contributed by atoms with Crippen molar-refractivity contribution in [2.45, 2.75) is 25.0 Å². The fourth-order valence-corrected chi connectivity index (χ4v) is 3.84. The number of nitrogens with one attached hydrogen (secondary N) is 2. The van der Waals surface area contributed by atoms with Crippen molar-refractivity contribution < 1.29 is 14.5 Å². The van der Waals surface area contributed by atoms with Gasteiger partial charge in [0.25, 0.3) is 11.6 Å². The first-order valence-corrected chi connectivity index (χ1v) is 11.2. The maximum absolute atomic E-state index is 12.6. The first-order valence-electron chi connectivity index (χ1n) is 10.2. The molecule has 0 unspecified atom stereocenters. The molecule has 0 spiro atoms. The van der Waals surface area contributed by atoms with E-state index in [9.17, 15) is 19.7 Å². The van der Waals surface area contributed by atoms with Crippen LogP contribution in [-0.2, 0) is 11.8 Å². The average molecular weight is 469 g/mol. The predicted octanol–water partition coefficient (Wildman–Crippen LogP) is 3.58. The number of hydrogen-bond donors (Lipinski definition) is 2. The van der Waals surface area contributed by atoms with Gasteiger partial charge in [-0.3, -0.25) is 19.7 Å². The maximum atomic E-state index is 12.6. The summed E-state index contributed by atoms with van der Waals surface area (Å²) in [6, 6.07) is 14.5. The van der Waals surface area contributed by atoms with Crippen LogP contribution in [0.1, 0.15) is 36.1 Å². The van der Waals surface area contributed by atoms with Gasteiger partial charge >= 0.3 is 0 Å². The average Bonchev–Trinajstić information content (AvgIpc) is 3.16. The van der Waals surface area contributed by atoms with Gasteiger partial charge in [0, 0.05) is 18.7 Å². The molecule has 1 atom stereocenters. The van der Waals surface area contributed by atoms with E-state index in [0.29, 0.717) is 16.5 Å². The Morgan fingerprint density at radius 3 is 2.42 bits per heavy atom. The molecular weight excluding hydrogens is 444 g/mol. The summed E-state index contributed by atoms with van der Waals surface area (Å²) in [6.07, 6.45) is 0. The summed E-state index contributed by atoms with van der Waals surface area (Å²) < 4.78 is 1.73. The molecule has 0 saturated heterocycles. The lowest BCUT2D eigenvalue weighted by atomic mass is 10.0. The number of benzene rings is 2. The molecule has 1 aromatic heterocycles. The fraction of sp³-hybridized carbons (Fsp3) is 0.273. The zero-order valence-corrected chi connectivity index (χ0v) is 19.2. The minimum Gasteiger partial charge on any atom is -0.342 e. The van der Waals surface area contributed by atoms with Crippen LogP contribution in [0.15, 0.2) is 59.8 Å². The summed E-state index contributed by atoms with van der Waals surface area (Å²) in [5, 5.41) is 25.6. The number of anilines is 1. The van der Waals surface area contributed by atoms with Gasteiger partial charge in [-0.15, -0.1) is 10.2 Å². The van der Waals surface area contributed by atoms with Crippen molar-refractivity contribution in [2.75, 3.05) is 11.1 Å². The van der Waals surface area contributed by atoms with Gasteiger partial charge in [-0.25, -0.2) is 0 Å². The number of nitrogens with zero attached hydrogens (tertiary/aromatic N) is 4. The maximum Gasteiger partial charge on any atom is 0.292 e. The van der Waals surface area contributed by atoms with E-state index in [1.807, 2.05) is 19.9 Å². The molecule has 33 heavy (non-hydrogen) atoms. The van der Waals surface area contributed by atoms with Crippen LogP contribution in [0.2, 0.25) is 0 Å². The van der Waals surface area contributed by atoms with Crippen molar-refractivity contribution in [3.05, 3.63) is 76.1 Å². The van der Waals surface area contributed by atoms with E-state index >= 15 is 0 Å². The van der Waals surface area contributed by atoms with Crippen molar-refractivity contribution in [3.63, 3.8) is 0 Å². The molecule has 0 saturated carbocycles. The molecule has 0 radical (unpaired) electrons. The minimum absolute atomic E-state index is 0.0132. The van der Waals surface area contributed by atoms with Crippen molar-refractivity contribution in [1.82, 2.24) is 20.1 Å². The highest BCUT2D eigenvalue weighted by Crippen LogP contribution is 2.26. The largest absolute Gasteiger partial charge is 0.342 e. The first-order chi connectivity index (χ1) is 15.8. The molecule has 3 aromatic rings. The number of rotatable bonds is 9. The highest BCUT2D eigenvalue weighted by Gasteiger charge is 2.25. The number of carbonyl (C=O) groups excluding carboxylic acids is 2. The summed E-state index contributed by atoms with van der Waals surface area (Å²) in [7, 11) is 1.77. The number of nitro benzene ring substituents is 1. The summed E-state index contributed by atoms with van der Waals surface area (Å²) in [5.41, 5.74) is 0.507. The Morgan fingerprint density at radius 1 is 1.09 bits per heavy atom. The van der Waals surface area contributed by atoms with Crippen LogP contribution in [0.3, 0.4) is 0 Å². The molecule has 0 fully saturated rings. The van der Waals surface area contributed by atoms with E-state index in [4.69, 9.17) is 0 Å². The third kappa shape index (κ3) is 5.95. The molecule has 0 aliphatic heterocycles. The summed E-state index contributed by atoms with van der Waals surface area (Å²) in [6.45, 7) is 3.94. The van der Waals surface area contributed by atoms with Crippen LogP contribution in [0.25, 0.3) is 0 Å². The van der Waals surface area contributed by atoms with E-state index in [0.717, 1.165) is 11.8 Å². The van der Waals surface area contributed by atoms with Crippen LogP contribution >= 0.6 is 11.8 Å². The van der Waals surface area contributed by atoms with E-state index < -0.39 is 10.8 Å². The van der Waals surface area contributed by atoms with Crippen molar-refractivity contribution in [3.8, 4) is 0 Å². The summed E-state index contributed by atoms with van der Waals surface area (Å²) in [4.78, 5) is 35.6.